The smallest absolute Gasteiger partial charge is 0.134 e. The fourth-order valence-corrected chi connectivity index (χ4v) is 0.927. The van der Waals surface area contributed by atoms with Gasteiger partial charge in [-0.3, -0.25) is 0 Å². The van der Waals surface area contributed by atoms with Gasteiger partial charge in [0, 0.05) is 14.1 Å². The monoisotopic (exact) mass is 138 g/mol. The third-order valence-electron chi connectivity index (χ3n) is 1.47. The lowest BCUT2D eigenvalue weighted by Crippen LogP contribution is -2.14. The molecule has 0 heterocycles. The van der Waals surface area contributed by atoms with E-state index in [2.05, 4.69) is 0 Å². The highest BCUT2D eigenvalue weighted by Gasteiger charge is 2.07. The van der Waals surface area contributed by atoms with Crippen LogP contribution in [0.3, 0.4) is 0 Å². The molecule has 1 rings (SSSR count). The topological polar surface area (TPSA) is 23.5 Å². The molecule has 0 aliphatic heterocycles. The standard InChI is InChI=1S/C8H12NO/c1-9(2)7-5-3-4-6-8(7)10/h3,5-6,10H,4H2,1-2H3. The first-order valence-corrected chi connectivity index (χ1v) is 3.32. The third-order valence-corrected chi connectivity index (χ3v) is 1.47. The number of rotatable bonds is 1. The molecule has 0 aromatic heterocycles. The Labute approximate surface area is 61.5 Å². The molecule has 1 aliphatic rings. The molecule has 0 saturated heterocycles. The largest absolute Gasteiger partial charge is 0.506 e. The summed E-state index contributed by atoms with van der Waals surface area (Å²) in [5.74, 6) is 0.382. The van der Waals surface area contributed by atoms with Crippen LogP contribution >= 0.6 is 0 Å². The van der Waals surface area contributed by atoms with Crippen molar-refractivity contribution in [2.24, 2.45) is 0 Å². The predicted octanol–water partition coefficient (Wildman–Crippen LogP) is 1.48. The van der Waals surface area contributed by atoms with E-state index in [0.717, 1.165) is 12.1 Å². The van der Waals surface area contributed by atoms with Crippen molar-refractivity contribution >= 4 is 0 Å². The summed E-state index contributed by atoms with van der Waals surface area (Å²) in [4.78, 5) is 1.89. The van der Waals surface area contributed by atoms with Crippen LogP contribution in [-0.2, 0) is 0 Å². The van der Waals surface area contributed by atoms with Crippen molar-refractivity contribution in [3.63, 3.8) is 0 Å². The first-order valence-electron chi connectivity index (χ1n) is 3.32. The van der Waals surface area contributed by atoms with Gasteiger partial charge in [-0.2, -0.15) is 0 Å². The minimum absolute atomic E-state index is 0.382. The molecule has 0 bridgehead atoms. The van der Waals surface area contributed by atoms with Gasteiger partial charge in [-0.25, -0.2) is 0 Å². The Morgan fingerprint density at radius 2 is 2.20 bits per heavy atom. The molecular weight excluding hydrogens is 126 g/mol. The van der Waals surface area contributed by atoms with Crippen molar-refractivity contribution < 1.29 is 5.11 Å². The number of likely N-dealkylation sites (N-methyl/N-ethyl adjacent to an activating group) is 1. The molecule has 1 N–H and O–H groups in total. The van der Waals surface area contributed by atoms with Crippen molar-refractivity contribution in [2.45, 2.75) is 6.42 Å². The molecule has 0 aromatic rings. The molecular formula is C8H12NO. The van der Waals surface area contributed by atoms with Crippen LogP contribution in [0, 0.1) is 6.42 Å². The van der Waals surface area contributed by atoms with Crippen molar-refractivity contribution in [3.05, 3.63) is 30.0 Å². The van der Waals surface area contributed by atoms with E-state index in [0.29, 0.717) is 5.76 Å². The lowest BCUT2D eigenvalue weighted by molar-refractivity contribution is 0.370. The van der Waals surface area contributed by atoms with Crippen molar-refractivity contribution in [1.82, 2.24) is 4.90 Å². The van der Waals surface area contributed by atoms with Gasteiger partial charge in [0.15, 0.2) is 0 Å². The molecule has 0 spiro atoms. The summed E-state index contributed by atoms with van der Waals surface area (Å²) in [5.41, 5.74) is 0.881. The summed E-state index contributed by atoms with van der Waals surface area (Å²) in [6.45, 7) is 0. The van der Waals surface area contributed by atoms with Gasteiger partial charge in [-0.15, -0.1) is 0 Å². The minimum Gasteiger partial charge on any atom is -0.506 e. The SMILES string of the molecule is CN(C)C1=C[CH]CC=C1O. The van der Waals surface area contributed by atoms with Gasteiger partial charge < -0.3 is 10.0 Å². The molecule has 2 nitrogen and oxygen atoms in total. The Balaban J connectivity index is 2.74. The third kappa shape index (κ3) is 1.32. The highest BCUT2D eigenvalue weighted by Crippen LogP contribution is 2.16. The molecule has 0 unspecified atom stereocenters. The highest BCUT2D eigenvalue weighted by molar-refractivity contribution is 5.30. The summed E-state index contributed by atoms with van der Waals surface area (Å²) < 4.78 is 0. The maximum Gasteiger partial charge on any atom is 0.134 e. The minimum atomic E-state index is 0.382. The molecule has 0 atom stereocenters. The molecule has 1 aliphatic carbocycles. The van der Waals surface area contributed by atoms with Crippen LogP contribution in [0.1, 0.15) is 6.42 Å². The molecule has 0 aromatic carbocycles. The second-order valence-electron chi connectivity index (χ2n) is 2.51. The summed E-state index contributed by atoms with van der Waals surface area (Å²) in [5, 5.41) is 9.27. The molecule has 10 heavy (non-hydrogen) atoms. The van der Waals surface area contributed by atoms with Gasteiger partial charge in [0.1, 0.15) is 5.76 Å². The quantitative estimate of drug-likeness (QED) is 0.593. The Morgan fingerprint density at radius 1 is 1.50 bits per heavy atom. The maximum absolute atomic E-state index is 9.27. The molecule has 0 amide bonds. The molecule has 2 heteroatoms. The zero-order chi connectivity index (χ0) is 7.56. The van der Waals surface area contributed by atoms with Crippen LogP contribution in [0.5, 0.6) is 0 Å². The lowest BCUT2D eigenvalue weighted by Gasteiger charge is -2.18. The number of allylic oxidation sites excluding steroid dienone is 2. The normalized spacial score (nSPS) is 17.8. The predicted molar refractivity (Wildman–Crippen MR) is 41.4 cm³/mol. The van der Waals surface area contributed by atoms with Gasteiger partial charge in [0.25, 0.3) is 0 Å². The number of aliphatic hydroxyl groups is 1. The van der Waals surface area contributed by atoms with Crippen molar-refractivity contribution in [1.29, 1.82) is 0 Å². The Kier molecular flexibility index (Phi) is 2.00. The van der Waals surface area contributed by atoms with E-state index >= 15 is 0 Å². The average molecular weight is 138 g/mol. The first kappa shape index (κ1) is 7.19. The second kappa shape index (κ2) is 2.78. The lowest BCUT2D eigenvalue weighted by atomic mass is 10.1. The van der Waals surface area contributed by atoms with Gasteiger partial charge in [-0.05, 0) is 18.9 Å². The fourth-order valence-electron chi connectivity index (χ4n) is 0.927. The van der Waals surface area contributed by atoms with Crippen LogP contribution in [0.25, 0.3) is 0 Å². The Morgan fingerprint density at radius 3 is 2.60 bits per heavy atom. The number of hydrogen-bond donors (Lipinski definition) is 1. The van der Waals surface area contributed by atoms with Crippen LogP contribution in [0.15, 0.2) is 23.6 Å². The molecule has 55 valence electrons. The van der Waals surface area contributed by atoms with E-state index in [4.69, 9.17) is 0 Å². The number of nitrogens with zero attached hydrogens (tertiary/aromatic N) is 1. The van der Waals surface area contributed by atoms with E-state index in [-0.39, 0.29) is 0 Å². The van der Waals surface area contributed by atoms with E-state index in [1.165, 1.54) is 0 Å². The summed E-state index contributed by atoms with van der Waals surface area (Å²) >= 11 is 0. The number of aliphatic hydroxyl groups excluding tert-OH is 1. The van der Waals surface area contributed by atoms with Gasteiger partial charge >= 0.3 is 0 Å². The first-order chi connectivity index (χ1) is 4.72. The van der Waals surface area contributed by atoms with Crippen LogP contribution in [0.2, 0.25) is 0 Å². The zero-order valence-corrected chi connectivity index (χ0v) is 6.33. The van der Waals surface area contributed by atoms with Crippen molar-refractivity contribution in [2.75, 3.05) is 14.1 Å². The summed E-state index contributed by atoms with van der Waals surface area (Å²) in [6, 6.07) is 0. The zero-order valence-electron chi connectivity index (χ0n) is 6.33. The van der Waals surface area contributed by atoms with E-state index in [9.17, 15) is 5.11 Å². The highest BCUT2D eigenvalue weighted by atomic mass is 16.3. The molecule has 0 saturated carbocycles. The van der Waals surface area contributed by atoms with Gasteiger partial charge in [0.05, 0.1) is 5.70 Å². The van der Waals surface area contributed by atoms with Gasteiger partial charge in [-0.1, -0.05) is 6.08 Å². The molecule has 1 radical (unpaired) electrons. The summed E-state index contributed by atoms with van der Waals surface area (Å²) in [7, 11) is 3.82. The van der Waals surface area contributed by atoms with Crippen LogP contribution < -0.4 is 0 Å². The number of hydrogen-bond acceptors (Lipinski definition) is 2. The fraction of sp³-hybridized carbons (Fsp3) is 0.375. The van der Waals surface area contributed by atoms with Crippen LogP contribution in [-0.4, -0.2) is 24.1 Å². The average Bonchev–Trinajstić information content (AvgIpc) is 1.88. The molecule has 0 fully saturated rings. The van der Waals surface area contributed by atoms with Gasteiger partial charge in [0.2, 0.25) is 0 Å². The Hall–Kier alpha value is -0.920. The van der Waals surface area contributed by atoms with Crippen LogP contribution in [0.4, 0.5) is 0 Å². The Bertz CT molecular complexity index is 180. The summed E-state index contributed by atoms with van der Waals surface area (Å²) in [6.07, 6.45) is 6.59. The van der Waals surface area contributed by atoms with E-state index in [1.54, 1.807) is 6.08 Å². The van der Waals surface area contributed by atoms with Crippen molar-refractivity contribution in [3.8, 4) is 0 Å². The second-order valence-corrected chi connectivity index (χ2v) is 2.51. The van der Waals surface area contributed by atoms with E-state index < -0.39 is 0 Å². The maximum atomic E-state index is 9.27. The van der Waals surface area contributed by atoms with E-state index in [1.807, 2.05) is 31.5 Å².